The van der Waals surface area contributed by atoms with Crippen LogP contribution in [0, 0.1) is 0 Å². The number of carbonyl (C=O) groups is 1. The first-order valence-corrected chi connectivity index (χ1v) is 9.07. The number of hydrogen-bond acceptors (Lipinski definition) is 5. The number of fused-ring (bicyclic) bond motifs is 1. The Kier molecular flexibility index (Phi) is 5.53. The van der Waals surface area contributed by atoms with Crippen molar-refractivity contribution >= 4 is 22.7 Å². The standard InChI is InChI=1S/C18H26N4O3/c1-3-15-13(5-6-16(23)24)17(20-12-7-9-25-10-8-12)14-11-19-22(4-2)18(14)21-15/h11-12H,3-10H2,1-2H3,(H,20,21)(H,23,24). The van der Waals surface area contributed by atoms with Crippen LogP contribution < -0.4 is 5.32 Å². The predicted octanol–water partition coefficient (Wildman–Crippen LogP) is 2.62. The summed E-state index contributed by atoms with van der Waals surface area (Å²) in [4.78, 5) is 15.9. The molecule has 136 valence electrons. The van der Waals surface area contributed by atoms with Crippen molar-refractivity contribution < 1.29 is 14.6 Å². The molecule has 0 radical (unpaired) electrons. The topological polar surface area (TPSA) is 89.3 Å². The van der Waals surface area contributed by atoms with Gasteiger partial charge >= 0.3 is 5.97 Å². The maximum atomic E-state index is 11.1. The molecule has 1 aliphatic rings. The Hall–Kier alpha value is -2.15. The van der Waals surface area contributed by atoms with Gasteiger partial charge in [-0.2, -0.15) is 5.10 Å². The lowest BCUT2D eigenvalue weighted by molar-refractivity contribution is -0.136. The molecule has 0 aromatic carbocycles. The molecule has 0 bridgehead atoms. The Bertz CT molecular complexity index is 750. The molecule has 25 heavy (non-hydrogen) atoms. The number of aryl methyl sites for hydroxylation is 2. The summed E-state index contributed by atoms with van der Waals surface area (Å²) in [7, 11) is 0. The number of pyridine rings is 1. The van der Waals surface area contributed by atoms with Crippen LogP contribution in [0.25, 0.3) is 11.0 Å². The fraction of sp³-hybridized carbons (Fsp3) is 0.611. The lowest BCUT2D eigenvalue weighted by Gasteiger charge is -2.26. The van der Waals surface area contributed by atoms with E-state index in [4.69, 9.17) is 14.8 Å². The van der Waals surface area contributed by atoms with Gasteiger partial charge in [0.2, 0.25) is 0 Å². The molecule has 1 saturated heterocycles. The number of aromatic nitrogens is 3. The number of anilines is 1. The Morgan fingerprint density at radius 2 is 2.16 bits per heavy atom. The van der Waals surface area contributed by atoms with Gasteiger partial charge in [-0.3, -0.25) is 4.79 Å². The van der Waals surface area contributed by atoms with Crippen LogP contribution in [0.5, 0.6) is 0 Å². The van der Waals surface area contributed by atoms with Crippen LogP contribution in [0.4, 0.5) is 5.69 Å². The number of rotatable bonds is 7. The van der Waals surface area contributed by atoms with Crippen LogP contribution in [0.1, 0.15) is 44.4 Å². The van der Waals surface area contributed by atoms with E-state index >= 15 is 0 Å². The fourth-order valence-corrected chi connectivity index (χ4v) is 3.41. The largest absolute Gasteiger partial charge is 0.481 e. The van der Waals surface area contributed by atoms with Crippen LogP contribution in [0.3, 0.4) is 0 Å². The number of ether oxygens (including phenoxy) is 1. The zero-order valence-electron chi connectivity index (χ0n) is 14.9. The first-order chi connectivity index (χ1) is 12.1. The summed E-state index contributed by atoms with van der Waals surface area (Å²) in [6.45, 7) is 6.37. The summed E-state index contributed by atoms with van der Waals surface area (Å²) >= 11 is 0. The molecule has 0 spiro atoms. The van der Waals surface area contributed by atoms with Crippen molar-refractivity contribution in [2.45, 2.75) is 58.5 Å². The Labute approximate surface area is 147 Å². The highest BCUT2D eigenvalue weighted by Gasteiger charge is 2.21. The molecule has 1 fully saturated rings. The third-order valence-corrected chi connectivity index (χ3v) is 4.76. The van der Waals surface area contributed by atoms with Crippen LogP contribution in [0.15, 0.2) is 6.20 Å². The maximum Gasteiger partial charge on any atom is 0.303 e. The van der Waals surface area contributed by atoms with Gasteiger partial charge in [0, 0.05) is 37.9 Å². The van der Waals surface area contributed by atoms with Gasteiger partial charge in [0.1, 0.15) is 0 Å². The van der Waals surface area contributed by atoms with E-state index in [2.05, 4.69) is 17.3 Å². The molecule has 1 aliphatic heterocycles. The van der Waals surface area contributed by atoms with Gasteiger partial charge in [0.25, 0.3) is 0 Å². The van der Waals surface area contributed by atoms with Crippen LogP contribution in [0.2, 0.25) is 0 Å². The molecule has 0 unspecified atom stereocenters. The molecular formula is C18H26N4O3. The highest BCUT2D eigenvalue weighted by molar-refractivity contribution is 5.91. The average molecular weight is 346 g/mol. The van der Waals surface area contributed by atoms with Gasteiger partial charge < -0.3 is 15.2 Å². The molecule has 7 nitrogen and oxygen atoms in total. The van der Waals surface area contributed by atoms with Crippen LogP contribution in [-0.2, 0) is 28.9 Å². The molecule has 3 heterocycles. The number of nitrogens with one attached hydrogen (secondary N) is 1. The van der Waals surface area contributed by atoms with Crippen molar-refractivity contribution in [1.82, 2.24) is 14.8 Å². The Morgan fingerprint density at radius 3 is 2.80 bits per heavy atom. The normalized spacial score (nSPS) is 15.6. The third-order valence-electron chi connectivity index (χ3n) is 4.76. The van der Waals surface area contributed by atoms with E-state index in [1.165, 1.54) is 0 Å². The molecular weight excluding hydrogens is 320 g/mol. The van der Waals surface area contributed by atoms with Crippen LogP contribution in [-0.4, -0.2) is 45.1 Å². The summed E-state index contributed by atoms with van der Waals surface area (Å²) in [6.07, 6.45) is 5.09. The minimum absolute atomic E-state index is 0.102. The minimum atomic E-state index is -0.789. The van der Waals surface area contributed by atoms with Gasteiger partial charge in [-0.05, 0) is 38.2 Å². The van der Waals surface area contributed by atoms with E-state index in [1.807, 2.05) is 17.8 Å². The van der Waals surface area contributed by atoms with E-state index in [9.17, 15) is 4.79 Å². The van der Waals surface area contributed by atoms with E-state index in [0.29, 0.717) is 12.5 Å². The van der Waals surface area contributed by atoms with Crippen molar-refractivity contribution in [2.24, 2.45) is 0 Å². The number of carboxylic acids is 1. The minimum Gasteiger partial charge on any atom is -0.481 e. The summed E-state index contributed by atoms with van der Waals surface area (Å²) < 4.78 is 7.35. The Balaban J connectivity index is 2.07. The quantitative estimate of drug-likeness (QED) is 0.801. The van der Waals surface area contributed by atoms with Crippen molar-refractivity contribution in [1.29, 1.82) is 0 Å². The first-order valence-electron chi connectivity index (χ1n) is 9.07. The van der Waals surface area contributed by atoms with E-state index in [0.717, 1.165) is 67.0 Å². The summed E-state index contributed by atoms with van der Waals surface area (Å²) in [5.74, 6) is -0.789. The molecule has 7 heteroatoms. The highest BCUT2D eigenvalue weighted by atomic mass is 16.5. The molecule has 2 N–H and O–H groups in total. The Morgan fingerprint density at radius 1 is 1.40 bits per heavy atom. The lowest BCUT2D eigenvalue weighted by atomic mass is 10.00. The maximum absolute atomic E-state index is 11.1. The van der Waals surface area contributed by atoms with Crippen molar-refractivity contribution in [3.63, 3.8) is 0 Å². The average Bonchev–Trinajstić information content (AvgIpc) is 3.04. The fourth-order valence-electron chi connectivity index (χ4n) is 3.41. The second-order valence-electron chi connectivity index (χ2n) is 6.39. The van der Waals surface area contributed by atoms with Gasteiger partial charge in [-0.25, -0.2) is 9.67 Å². The van der Waals surface area contributed by atoms with Crippen molar-refractivity contribution in [2.75, 3.05) is 18.5 Å². The third kappa shape index (κ3) is 3.76. The lowest BCUT2D eigenvalue weighted by Crippen LogP contribution is -2.28. The summed E-state index contributed by atoms with van der Waals surface area (Å²) in [5.41, 5.74) is 3.85. The first kappa shape index (κ1) is 17.7. The van der Waals surface area contributed by atoms with Crippen LogP contribution >= 0.6 is 0 Å². The number of carboxylic acid groups (broad SMARTS) is 1. The molecule has 2 aromatic heterocycles. The predicted molar refractivity (Wildman–Crippen MR) is 96.0 cm³/mol. The number of hydrogen-bond donors (Lipinski definition) is 2. The molecule has 0 aliphatic carbocycles. The van der Waals surface area contributed by atoms with Gasteiger partial charge in [-0.1, -0.05) is 6.92 Å². The summed E-state index contributed by atoms with van der Waals surface area (Å²) in [6, 6.07) is 0.331. The SMILES string of the molecule is CCc1nc2c(cnn2CC)c(NC2CCOCC2)c1CCC(=O)O. The molecule has 3 rings (SSSR count). The smallest absolute Gasteiger partial charge is 0.303 e. The number of nitrogens with zero attached hydrogens (tertiary/aromatic N) is 3. The van der Waals surface area contributed by atoms with E-state index in [1.54, 1.807) is 0 Å². The zero-order chi connectivity index (χ0) is 17.8. The molecule has 0 amide bonds. The molecule has 0 atom stereocenters. The van der Waals surface area contributed by atoms with Gasteiger partial charge in [-0.15, -0.1) is 0 Å². The van der Waals surface area contributed by atoms with Gasteiger partial charge in [0.15, 0.2) is 5.65 Å². The monoisotopic (exact) mass is 346 g/mol. The molecule has 0 saturated carbocycles. The van der Waals surface area contributed by atoms with Gasteiger partial charge in [0.05, 0.1) is 17.3 Å². The van der Waals surface area contributed by atoms with E-state index < -0.39 is 5.97 Å². The molecule has 2 aromatic rings. The highest BCUT2D eigenvalue weighted by Crippen LogP contribution is 2.32. The van der Waals surface area contributed by atoms with E-state index in [-0.39, 0.29) is 6.42 Å². The van der Waals surface area contributed by atoms with Crippen molar-refractivity contribution in [3.05, 3.63) is 17.5 Å². The zero-order valence-corrected chi connectivity index (χ0v) is 14.9. The summed E-state index contributed by atoms with van der Waals surface area (Å²) in [5, 5.41) is 18.2. The number of aliphatic carboxylic acids is 1. The second kappa shape index (κ2) is 7.82. The second-order valence-corrected chi connectivity index (χ2v) is 6.39. The van der Waals surface area contributed by atoms with Crippen molar-refractivity contribution in [3.8, 4) is 0 Å².